The SMILES string of the molecule is CCn1nccc1C(NN)c1ccc(Br)c(C)c1. The van der Waals surface area contributed by atoms with Crippen molar-refractivity contribution in [3.8, 4) is 0 Å². The normalized spacial score (nSPS) is 12.7. The van der Waals surface area contributed by atoms with E-state index >= 15 is 0 Å². The number of nitrogens with zero attached hydrogens (tertiary/aromatic N) is 2. The summed E-state index contributed by atoms with van der Waals surface area (Å²) in [5.74, 6) is 5.70. The Morgan fingerprint density at radius 2 is 2.22 bits per heavy atom. The van der Waals surface area contributed by atoms with Crippen molar-refractivity contribution < 1.29 is 0 Å². The lowest BCUT2D eigenvalue weighted by molar-refractivity contribution is 0.543. The molecule has 4 nitrogen and oxygen atoms in total. The van der Waals surface area contributed by atoms with Gasteiger partial charge in [0.1, 0.15) is 0 Å². The molecular formula is C13H17BrN4. The van der Waals surface area contributed by atoms with Crippen LogP contribution in [0.2, 0.25) is 0 Å². The van der Waals surface area contributed by atoms with Crippen molar-refractivity contribution in [3.63, 3.8) is 0 Å². The van der Waals surface area contributed by atoms with Gasteiger partial charge in [-0.15, -0.1) is 0 Å². The molecule has 0 aliphatic carbocycles. The molecule has 0 amide bonds. The molecule has 1 aromatic heterocycles. The molecule has 0 aliphatic heterocycles. The van der Waals surface area contributed by atoms with Gasteiger partial charge in [0.05, 0.1) is 11.7 Å². The minimum absolute atomic E-state index is 0.0424. The lowest BCUT2D eigenvalue weighted by Crippen LogP contribution is -2.30. The van der Waals surface area contributed by atoms with Gasteiger partial charge in [0.2, 0.25) is 0 Å². The maximum atomic E-state index is 5.70. The number of hydrazine groups is 1. The highest BCUT2D eigenvalue weighted by Crippen LogP contribution is 2.25. The fourth-order valence-electron chi connectivity index (χ4n) is 2.05. The predicted molar refractivity (Wildman–Crippen MR) is 75.9 cm³/mol. The Kier molecular flexibility index (Phi) is 4.16. The van der Waals surface area contributed by atoms with E-state index in [1.807, 2.05) is 16.8 Å². The number of nitrogens with two attached hydrogens (primary N) is 1. The number of aromatic nitrogens is 2. The molecule has 2 rings (SSSR count). The zero-order valence-corrected chi connectivity index (χ0v) is 12.1. The maximum Gasteiger partial charge on any atom is 0.0878 e. The van der Waals surface area contributed by atoms with Crippen LogP contribution in [0.5, 0.6) is 0 Å². The Bertz CT molecular complexity index is 536. The molecule has 18 heavy (non-hydrogen) atoms. The van der Waals surface area contributed by atoms with Crippen molar-refractivity contribution in [2.75, 3.05) is 0 Å². The Morgan fingerprint density at radius 3 is 2.83 bits per heavy atom. The predicted octanol–water partition coefficient (Wildman–Crippen LogP) is 2.53. The van der Waals surface area contributed by atoms with Crippen LogP contribution in [-0.4, -0.2) is 9.78 Å². The molecule has 0 saturated carbocycles. The minimum Gasteiger partial charge on any atom is -0.271 e. The van der Waals surface area contributed by atoms with Gasteiger partial charge in [-0.25, -0.2) is 5.43 Å². The number of rotatable bonds is 4. The van der Waals surface area contributed by atoms with Gasteiger partial charge in [0.25, 0.3) is 0 Å². The third-order valence-corrected chi connectivity index (χ3v) is 3.92. The Labute approximate surface area is 115 Å². The summed E-state index contributed by atoms with van der Waals surface area (Å²) in [7, 11) is 0. The van der Waals surface area contributed by atoms with Crippen LogP contribution in [0, 0.1) is 6.92 Å². The van der Waals surface area contributed by atoms with E-state index in [0.717, 1.165) is 22.3 Å². The molecule has 2 aromatic rings. The average molecular weight is 309 g/mol. The van der Waals surface area contributed by atoms with Crippen molar-refractivity contribution in [2.24, 2.45) is 5.84 Å². The Hall–Kier alpha value is -1.17. The Morgan fingerprint density at radius 1 is 1.44 bits per heavy atom. The van der Waals surface area contributed by atoms with E-state index in [0.29, 0.717) is 0 Å². The van der Waals surface area contributed by atoms with Crippen molar-refractivity contribution in [1.29, 1.82) is 0 Å². The summed E-state index contributed by atoms with van der Waals surface area (Å²) in [5, 5.41) is 4.28. The zero-order chi connectivity index (χ0) is 13.1. The van der Waals surface area contributed by atoms with Crippen molar-refractivity contribution in [2.45, 2.75) is 26.4 Å². The van der Waals surface area contributed by atoms with E-state index in [9.17, 15) is 0 Å². The second-order valence-corrected chi connectivity index (χ2v) is 5.03. The average Bonchev–Trinajstić information content (AvgIpc) is 2.83. The van der Waals surface area contributed by atoms with Crippen LogP contribution in [0.4, 0.5) is 0 Å². The molecule has 0 radical (unpaired) electrons. The van der Waals surface area contributed by atoms with Crippen LogP contribution in [0.1, 0.15) is 29.8 Å². The lowest BCUT2D eigenvalue weighted by atomic mass is 10.0. The van der Waals surface area contributed by atoms with E-state index in [1.165, 1.54) is 5.56 Å². The standard InChI is InChI=1S/C13H17BrN4/c1-3-18-12(6-7-16-18)13(17-15)10-4-5-11(14)9(2)8-10/h4-8,13,17H,3,15H2,1-2H3. The molecule has 0 bridgehead atoms. The second-order valence-electron chi connectivity index (χ2n) is 4.18. The maximum absolute atomic E-state index is 5.70. The van der Waals surface area contributed by atoms with E-state index < -0.39 is 0 Å². The molecule has 0 saturated heterocycles. The highest BCUT2D eigenvalue weighted by Gasteiger charge is 2.16. The first-order valence-electron chi connectivity index (χ1n) is 5.91. The van der Waals surface area contributed by atoms with Crippen LogP contribution < -0.4 is 11.3 Å². The third kappa shape index (κ3) is 2.48. The smallest absolute Gasteiger partial charge is 0.0878 e. The molecule has 96 valence electrons. The molecule has 1 aromatic carbocycles. The second kappa shape index (κ2) is 5.65. The molecule has 1 atom stereocenters. The summed E-state index contributed by atoms with van der Waals surface area (Å²) < 4.78 is 3.05. The molecule has 0 spiro atoms. The molecule has 0 aliphatic rings. The van der Waals surface area contributed by atoms with Crippen molar-refractivity contribution in [1.82, 2.24) is 15.2 Å². The topological polar surface area (TPSA) is 55.9 Å². The highest BCUT2D eigenvalue weighted by atomic mass is 79.9. The van der Waals surface area contributed by atoms with Gasteiger partial charge in [-0.1, -0.05) is 28.1 Å². The van der Waals surface area contributed by atoms with Gasteiger partial charge in [-0.05, 0) is 37.1 Å². The first-order chi connectivity index (χ1) is 8.67. The summed E-state index contributed by atoms with van der Waals surface area (Å²) in [6.07, 6.45) is 1.80. The summed E-state index contributed by atoms with van der Waals surface area (Å²) >= 11 is 3.51. The summed E-state index contributed by atoms with van der Waals surface area (Å²) in [4.78, 5) is 0. The molecular weight excluding hydrogens is 292 g/mol. The largest absolute Gasteiger partial charge is 0.271 e. The number of benzene rings is 1. The van der Waals surface area contributed by atoms with Gasteiger partial charge in [0, 0.05) is 17.2 Å². The first-order valence-corrected chi connectivity index (χ1v) is 6.70. The highest BCUT2D eigenvalue weighted by molar-refractivity contribution is 9.10. The van der Waals surface area contributed by atoms with E-state index in [2.05, 4.69) is 52.4 Å². The molecule has 3 N–H and O–H groups in total. The van der Waals surface area contributed by atoms with E-state index in [-0.39, 0.29) is 6.04 Å². The molecule has 1 unspecified atom stereocenters. The first kappa shape index (κ1) is 13.3. The molecule has 5 heteroatoms. The molecule has 1 heterocycles. The fraction of sp³-hybridized carbons (Fsp3) is 0.308. The summed E-state index contributed by atoms with van der Waals surface area (Å²) in [6.45, 7) is 4.96. The Balaban J connectivity index is 2.42. The van der Waals surface area contributed by atoms with Gasteiger partial charge < -0.3 is 0 Å². The van der Waals surface area contributed by atoms with Crippen LogP contribution in [0.15, 0.2) is 34.9 Å². The number of halogens is 1. The van der Waals surface area contributed by atoms with Crippen LogP contribution in [0.25, 0.3) is 0 Å². The number of aryl methyl sites for hydroxylation is 2. The number of nitrogens with one attached hydrogen (secondary N) is 1. The quantitative estimate of drug-likeness (QED) is 0.674. The van der Waals surface area contributed by atoms with Crippen LogP contribution >= 0.6 is 15.9 Å². The van der Waals surface area contributed by atoms with Crippen molar-refractivity contribution in [3.05, 3.63) is 51.8 Å². The number of hydrogen-bond donors (Lipinski definition) is 2. The van der Waals surface area contributed by atoms with E-state index in [1.54, 1.807) is 6.20 Å². The third-order valence-electron chi connectivity index (χ3n) is 3.03. The fourth-order valence-corrected chi connectivity index (χ4v) is 2.30. The zero-order valence-electron chi connectivity index (χ0n) is 10.5. The monoisotopic (exact) mass is 308 g/mol. The lowest BCUT2D eigenvalue weighted by Gasteiger charge is -2.18. The van der Waals surface area contributed by atoms with Gasteiger partial charge >= 0.3 is 0 Å². The minimum atomic E-state index is -0.0424. The summed E-state index contributed by atoms with van der Waals surface area (Å²) in [6, 6.07) is 8.18. The van der Waals surface area contributed by atoms with E-state index in [4.69, 9.17) is 5.84 Å². The summed E-state index contributed by atoms with van der Waals surface area (Å²) in [5.41, 5.74) is 6.26. The van der Waals surface area contributed by atoms with Gasteiger partial charge in [0.15, 0.2) is 0 Å². The van der Waals surface area contributed by atoms with Gasteiger partial charge in [-0.3, -0.25) is 10.5 Å². The van der Waals surface area contributed by atoms with Crippen LogP contribution in [-0.2, 0) is 6.54 Å². The van der Waals surface area contributed by atoms with Crippen molar-refractivity contribution >= 4 is 15.9 Å². The molecule has 0 fully saturated rings. The van der Waals surface area contributed by atoms with Crippen LogP contribution in [0.3, 0.4) is 0 Å². The number of hydrogen-bond acceptors (Lipinski definition) is 3. The van der Waals surface area contributed by atoms with Gasteiger partial charge in [-0.2, -0.15) is 5.10 Å².